The summed E-state index contributed by atoms with van der Waals surface area (Å²) in [5.41, 5.74) is 3.16. The predicted molar refractivity (Wildman–Crippen MR) is 134 cm³/mol. The molecule has 1 aliphatic heterocycles. The number of pyridine rings is 1. The Bertz CT molecular complexity index is 1000. The van der Waals surface area contributed by atoms with Crippen LogP contribution in [0.15, 0.2) is 60.9 Å². The fourth-order valence-electron chi connectivity index (χ4n) is 5.32. The molecule has 0 radical (unpaired) electrons. The molecule has 2 heterocycles. The Morgan fingerprint density at radius 2 is 1.74 bits per heavy atom. The van der Waals surface area contributed by atoms with Crippen molar-refractivity contribution in [2.24, 2.45) is 23.7 Å². The van der Waals surface area contributed by atoms with E-state index in [1.807, 2.05) is 50.2 Å². The van der Waals surface area contributed by atoms with E-state index in [0.717, 1.165) is 29.5 Å². The van der Waals surface area contributed by atoms with Crippen LogP contribution in [0.3, 0.4) is 0 Å². The first-order chi connectivity index (χ1) is 16.6. The number of carbonyl (C=O) groups excluding carboxylic acids is 2. The average Bonchev–Trinajstić information content (AvgIpc) is 3.49. The van der Waals surface area contributed by atoms with Gasteiger partial charge in [-0.2, -0.15) is 0 Å². The van der Waals surface area contributed by atoms with Crippen molar-refractivity contribution in [1.29, 1.82) is 0 Å². The molecule has 0 bridgehead atoms. The fourth-order valence-corrected chi connectivity index (χ4v) is 5.32. The first-order valence-electron chi connectivity index (χ1n) is 12.7. The van der Waals surface area contributed by atoms with E-state index in [2.05, 4.69) is 24.1 Å². The van der Waals surface area contributed by atoms with Gasteiger partial charge in [0.1, 0.15) is 0 Å². The molecule has 5 nitrogen and oxygen atoms in total. The summed E-state index contributed by atoms with van der Waals surface area (Å²) in [5, 5.41) is 0. The number of aromatic nitrogens is 1. The number of ether oxygens (including phenoxy) is 1. The van der Waals surface area contributed by atoms with Crippen LogP contribution in [0.25, 0.3) is 11.1 Å². The summed E-state index contributed by atoms with van der Waals surface area (Å²) in [7, 11) is 0. The van der Waals surface area contributed by atoms with E-state index < -0.39 is 0 Å². The minimum atomic E-state index is -0.375. The zero-order chi connectivity index (χ0) is 24.1. The topological polar surface area (TPSA) is 59.5 Å². The minimum absolute atomic E-state index is 0.0901. The second-order valence-corrected chi connectivity index (χ2v) is 9.48. The van der Waals surface area contributed by atoms with E-state index in [-0.39, 0.29) is 17.9 Å². The molecule has 1 saturated heterocycles. The van der Waals surface area contributed by atoms with Crippen LogP contribution in [0, 0.1) is 23.7 Å². The van der Waals surface area contributed by atoms with Crippen molar-refractivity contribution < 1.29 is 14.3 Å². The number of hydrogen-bond acceptors (Lipinski definition) is 4. The van der Waals surface area contributed by atoms with Crippen LogP contribution < -0.4 is 0 Å². The third kappa shape index (κ3) is 5.40. The molecule has 1 aromatic heterocycles. The maximum absolute atomic E-state index is 13.0. The van der Waals surface area contributed by atoms with E-state index in [4.69, 9.17) is 4.74 Å². The summed E-state index contributed by atoms with van der Waals surface area (Å²) in [6, 6.07) is 11.6. The zero-order valence-corrected chi connectivity index (χ0v) is 20.5. The van der Waals surface area contributed by atoms with Gasteiger partial charge >= 0.3 is 6.09 Å². The molecule has 5 rings (SSSR count). The van der Waals surface area contributed by atoms with Crippen LogP contribution >= 0.6 is 0 Å². The lowest BCUT2D eigenvalue weighted by Crippen LogP contribution is -2.42. The highest BCUT2D eigenvalue weighted by atomic mass is 16.6. The van der Waals surface area contributed by atoms with E-state index in [0.29, 0.717) is 43.2 Å². The Labute approximate surface area is 203 Å². The number of Topliss-reactive ketones (excluding diaryl/α,β-unsaturated/α-hetero) is 1. The van der Waals surface area contributed by atoms with Gasteiger partial charge < -0.3 is 4.74 Å². The van der Waals surface area contributed by atoms with Crippen molar-refractivity contribution in [2.45, 2.75) is 52.5 Å². The standard InChI is InChI=1S/C27H30N2O3.C2H6/c1-18-4-7-22-16-23(22)24(18)17-32-27(31)29-14-2-3-25(29)26(30)15-19-5-8-20(9-6-19)21-10-12-28-13-11-21;1-2/h4-13,18,22-25H,2-3,14-17H2,1H3;1-2H3/t18?,22?,23?,24?,25-;/m0./s1. The van der Waals surface area contributed by atoms with E-state index in [1.165, 1.54) is 6.42 Å². The van der Waals surface area contributed by atoms with Crippen LogP contribution in [0.1, 0.15) is 45.6 Å². The molecule has 180 valence electrons. The minimum Gasteiger partial charge on any atom is -0.449 e. The largest absolute Gasteiger partial charge is 0.449 e. The highest BCUT2D eigenvalue weighted by Gasteiger charge is 2.46. The molecular weight excluding hydrogens is 424 g/mol. The number of allylic oxidation sites excluding steroid dienone is 2. The zero-order valence-electron chi connectivity index (χ0n) is 20.5. The Kier molecular flexibility index (Phi) is 7.81. The summed E-state index contributed by atoms with van der Waals surface area (Å²) in [6.45, 7) is 7.26. The van der Waals surface area contributed by atoms with Crippen molar-refractivity contribution in [3.8, 4) is 11.1 Å². The van der Waals surface area contributed by atoms with Crippen molar-refractivity contribution in [3.05, 3.63) is 66.5 Å². The highest BCUT2D eigenvalue weighted by Crippen LogP contribution is 2.51. The van der Waals surface area contributed by atoms with Gasteiger partial charge in [0.25, 0.3) is 0 Å². The molecular formula is C29H36N2O3. The molecule has 0 N–H and O–H groups in total. The number of carbonyl (C=O) groups is 2. The quantitative estimate of drug-likeness (QED) is 0.500. The van der Waals surface area contributed by atoms with Gasteiger partial charge in [-0.05, 0) is 65.8 Å². The second-order valence-electron chi connectivity index (χ2n) is 9.48. The SMILES string of the molecule is CC.CC1C=CC2CC2C1COC(=O)N1CCC[C@H]1C(=O)Cc1ccc(-c2ccncc2)cc1. The first kappa shape index (κ1) is 24.2. The number of rotatable bonds is 6. The molecule has 3 aliphatic rings. The molecule has 2 fully saturated rings. The van der Waals surface area contributed by atoms with Crippen molar-refractivity contribution in [1.82, 2.24) is 9.88 Å². The van der Waals surface area contributed by atoms with Gasteiger partial charge in [0.15, 0.2) is 5.78 Å². The molecule has 0 spiro atoms. The van der Waals surface area contributed by atoms with Crippen LogP contribution in [0.4, 0.5) is 4.79 Å². The van der Waals surface area contributed by atoms with E-state index in [9.17, 15) is 9.59 Å². The lowest BCUT2D eigenvalue weighted by atomic mass is 9.85. The summed E-state index contributed by atoms with van der Waals surface area (Å²) in [5.74, 6) is 2.28. The maximum atomic E-state index is 13.0. The normalized spacial score (nSPS) is 26.8. The smallest absolute Gasteiger partial charge is 0.410 e. The third-order valence-electron chi connectivity index (χ3n) is 7.38. The van der Waals surface area contributed by atoms with Gasteiger partial charge in [0, 0.05) is 31.3 Å². The predicted octanol–water partition coefficient (Wildman–Crippen LogP) is 5.95. The Morgan fingerprint density at radius 3 is 2.47 bits per heavy atom. The van der Waals surface area contributed by atoms with Crippen molar-refractivity contribution >= 4 is 11.9 Å². The lowest BCUT2D eigenvalue weighted by molar-refractivity contribution is -0.122. The van der Waals surface area contributed by atoms with Crippen LogP contribution in [0.2, 0.25) is 0 Å². The number of fused-ring (bicyclic) bond motifs is 1. The number of benzene rings is 1. The molecule has 5 atom stereocenters. The number of nitrogens with zero attached hydrogens (tertiary/aromatic N) is 2. The lowest BCUT2D eigenvalue weighted by Gasteiger charge is -2.27. The van der Waals surface area contributed by atoms with E-state index in [1.54, 1.807) is 17.3 Å². The molecule has 2 aliphatic carbocycles. The van der Waals surface area contributed by atoms with Gasteiger partial charge in [-0.15, -0.1) is 0 Å². The first-order valence-corrected chi connectivity index (χ1v) is 12.7. The average molecular weight is 461 g/mol. The van der Waals surface area contributed by atoms with Gasteiger partial charge in [-0.25, -0.2) is 4.79 Å². The number of amides is 1. The van der Waals surface area contributed by atoms with Gasteiger partial charge in [-0.3, -0.25) is 14.7 Å². The van der Waals surface area contributed by atoms with Crippen molar-refractivity contribution in [3.63, 3.8) is 0 Å². The van der Waals surface area contributed by atoms with Crippen LogP contribution in [-0.2, 0) is 16.0 Å². The van der Waals surface area contributed by atoms with E-state index >= 15 is 0 Å². The highest BCUT2D eigenvalue weighted by molar-refractivity contribution is 5.89. The molecule has 1 saturated carbocycles. The third-order valence-corrected chi connectivity index (χ3v) is 7.38. The monoisotopic (exact) mass is 460 g/mol. The Hall–Kier alpha value is -2.95. The van der Waals surface area contributed by atoms with Gasteiger partial charge in [-0.1, -0.05) is 57.2 Å². The number of ketones is 1. The Morgan fingerprint density at radius 1 is 1.03 bits per heavy atom. The molecule has 4 unspecified atom stereocenters. The molecule has 1 amide bonds. The second kappa shape index (κ2) is 11.0. The number of likely N-dealkylation sites (tertiary alicyclic amines) is 1. The van der Waals surface area contributed by atoms with Gasteiger partial charge in [0.05, 0.1) is 12.6 Å². The molecule has 2 aromatic rings. The number of hydrogen-bond donors (Lipinski definition) is 0. The Balaban J connectivity index is 0.00000133. The van der Waals surface area contributed by atoms with Crippen molar-refractivity contribution in [2.75, 3.05) is 13.2 Å². The summed E-state index contributed by atoms with van der Waals surface area (Å²) >= 11 is 0. The molecule has 34 heavy (non-hydrogen) atoms. The fraction of sp³-hybridized carbons (Fsp3) is 0.483. The summed E-state index contributed by atoms with van der Waals surface area (Å²) < 4.78 is 5.72. The van der Waals surface area contributed by atoms with Gasteiger partial charge in [0.2, 0.25) is 0 Å². The van der Waals surface area contributed by atoms with Crippen LogP contribution in [-0.4, -0.2) is 41.0 Å². The summed E-state index contributed by atoms with van der Waals surface area (Å²) in [6.07, 6.45) is 10.9. The van der Waals surface area contributed by atoms with Crippen LogP contribution in [0.5, 0.6) is 0 Å². The maximum Gasteiger partial charge on any atom is 0.410 e. The molecule has 1 aromatic carbocycles. The summed E-state index contributed by atoms with van der Waals surface area (Å²) in [4.78, 5) is 31.6. The molecule has 5 heteroatoms.